The lowest BCUT2D eigenvalue weighted by atomic mass is 10.1. The summed E-state index contributed by atoms with van der Waals surface area (Å²) in [5.41, 5.74) is 0.676. The van der Waals surface area contributed by atoms with E-state index in [1.54, 1.807) is 24.3 Å². The summed E-state index contributed by atoms with van der Waals surface area (Å²) >= 11 is 0. The van der Waals surface area contributed by atoms with Gasteiger partial charge in [0.2, 0.25) is 0 Å². The average molecular weight is 301 g/mol. The molecule has 0 spiro atoms. The summed E-state index contributed by atoms with van der Waals surface area (Å²) in [5.74, 6) is -0.277. The van der Waals surface area contributed by atoms with Gasteiger partial charge in [0.25, 0.3) is 11.6 Å². The minimum Gasteiger partial charge on any atom is -0.377 e. The van der Waals surface area contributed by atoms with Crippen molar-refractivity contribution in [2.45, 2.75) is 18.9 Å². The predicted octanol–water partition coefficient (Wildman–Crippen LogP) is 2.98. The van der Waals surface area contributed by atoms with Crippen LogP contribution in [0, 0.1) is 10.1 Å². The van der Waals surface area contributed by atoms with E-state index in [0.717, 1.165) is 12.8 Å². The molecule has 1 aromatic carbocycles. The highest BCUT2D eigenvalue weighted by atomic mass is 16.6. The van der Waals surface area contributed by atoms with Gasteiger partial charge in [0.05, 0.1) is 4.92 Å². The van der Waals surface area contributed by atoms with Crippen molar-refractivity contribution in [2.75, 3.05) is 18.4 Å². The monoisotopic (exact) mass is 301 g/mol. The number of nitro benzene ring substituents is 1. The minimum atomic E-state index is -0.465. The number of rotatable bonds is 8. The molecule has 2 rings (SSSR count). The summed E-state index contributed by atoms with van der Waals surface area (Å²) in [6, 6.07) is 4.84. The second-order valence-electron chi connectivity index (χ2n) is 5.20. The Hall–Kier alpha value is -2.63. The average Bonchev–Trinajstić information content (AvgIpc) is 3.30. The van der Waals surface area contributed by atoms with Gasteiger partial charge in [-0.25, -0.2) is 0 Å². The van der Waals surface area contributed by atoms with Crippen LogP contribution in [0.2, 0.25) is 0 Å². The number of benzene rings is 1. The SMILES string of the molecule is C=CCN(CC=C)C(=O)c1ccc(NC2CC2)c([N+](=O)[O-])c1. The van der Waals surface area contributed by atoms with E-state index in [9.17, 15) is 14.9 Å². The Bertz CT molecular complexity index is 599. The van der Waals surface area contributed by atoms with E-state index < -0.39 is 4.92 Å². The van der Waals surface area contributed by atoms with Crippen LogP contribution in [-0.4, -0.2) is 34.9 Å². The fourth-order valence-electron chi connectivity index (χ4n) is 2.12. The summed E-state index contributed by atoms with van der Waals surface area (Å²) in [6.07, 6.45) is 5.26. The third-order valence-corrected chi connectivity index (χ3v) is 3.36. The van der Waals surface area contributed by atoms with Gasteiger partial charge in [-0.15, -0.1) is 13.2 Å². The molecule has 1 aromatic rings. The summed E-state index contributed by atoms with van der Waals surface area (Å²) in [7, 11) is 0. The molecular weight excluding hydrogens is 282 g/mol. The van der Waals surface area contributed by atoms with Crippen LogP contribution < -0.4 is 5.32 Å². The summed E-state index contributed by atoms with van der Waals surface area (Å²) in [4.78, 5) is 24.7. The number of nitrogens with one attached hydrogen (secondary N) is 1. The van der Waals surface area contributed by atoms with Crippen molar-refractivity contribution >= 4 is 17.3 Å². The molecule has 116 valence electrons. The number of amides is 1. The zero-order chi connectivity index (χ0) is 16.1. The first-order chi connectivity index (χ1) is 10.6. The normalized spacial score (nSPS) is 13.3. The maximum absolute atomic E-state index is 12.4. The van der Waals surface area contributed by atoms with Gasteiger partial charge >= 0.3 is 0 Å². The van der Waals surface area contributed by atoms with Gasteiger partial charge in [-0.05, 0) is 25.0 Å². The maximum Gasteiger partial charge on any atom is 0.293 e. The highest BCUT2D eigenvalue weighted by Gasteiger charge is 2.26. The summed E-state index contributed by atoms with van der Waals surface area (Å²) < 4.78 is 0. The zero-order valence-electron chi connectivity index (χ0n) is 12.3. The van der Waals surface area contributed by atoms with Crippen LogP contribution in [0.1, 0.15) is 23.2 Å². The van der Waals surface area contributed by atoms with Crippen molar-refractivity contribution in [3.05, 3.63) is 59.2 Å². The molecule has 0 aromatic heterocycles. The van der Waals surface area contributed by atoms with Crippen LogP contribution in [0.5, 0.6) is 0 Å². The van der Waals surface area contributed by atoms with Crippen LogP contribution in [0.15, 0.2) is 43.5 Å². The second kappa shape index (κ2) is 6.89. The maximum atomic E-state index is 12.4. The second-order valence-corrected chi connectivity index (χ2v) is 5.20. The van der Waals surface area contributed by atoms with E-state index in [0.29, 0.717) is 24.8 Å². The number of anilines is 1. The lowest BCUT2D eigenvalue weighted by Crippen LogP contribution is -2.31. The lowest BCUT2D eigenvalue weighted by molar-refractivity contribution is -0.384. The van der Waals surface area contributed by atoms with Gasteiger partial charge in [-0.1, -0.05) is 12.2 Å². The number of nitrogens with zero attached hydrogens (tertiary/aromatic N) is 2. The summed E-state index contributed by atoms with van der Waals surface area (Å²) in [6.45, 7) is 7.95. The first-order valence-corrected chi connectivity index (χ1v) is 7.13. The molecule has 0 aliphatic heterocycles. The predicted molar refractivity (Wildman–Crippen MR) is 86.0 cm³/mol. The quantitative estimate of drug-likeness (QED) is 0.455. The van der Waals surface area contributed by atoms with Gasteiger partial charge in [0, 0.05) is 30.8 Å². The van der Waals surface area contributed by atoms with Crippen LogP contribution in [0.3, 0.4) is 0 Å². The Labute approximate surface area is 129 Å². The number of carbonyl (C=O) groups excluding carboxylic acids is 1. The molecule has 0 saturated heterocycles. The third-order valence-electron chi connectivity index (χ3n) is 3.36. The molecule has 0 atom stereocenters. The fourth-order valence-corrected chi connectivity index (χ4v) is 2.12. The molecular formula is C16H19N3O3. The van der Waals surface area contributed by atoms with Gasteiger partial charge in [0.15, 0.2) is 0 Å². The van der Waals surface area contributed by atoms with Crippen molar-refractivity contribution in [3.63, 3.8) is 0 Å². The first kappa shape index (κ1) is 15.8. The van der Waals surface area contributed by atoms with E-state index in [4.69, 9.17) is 0 Å². The Morgan fingerprint density at radius 2 is 2.00 bits per heavy atom. The largest absolute Gasteiger partial charge is 0.377 e. The Morgan fingerprint density at radius 3 is 2.50 bits per heavy atom. The first-order valence-electron chi connectivity index (χ1n) is 7.13. The van der Waals surface area contributed by atoms with Crippen molar-refractivity contribution in [2.24, 2.45) is 0 Å². The molecule has 6 nitrogen and oxygen atoms in total. The molecule has 0 heterocycles. The number of hydrogen-bond acceptors (Lipinski definition) is 4. The van der Waals surface area contributed by atoms with Crippen molar-refractivity contribution in [1.82, 2.24) is 4.90 Å². The highest BCUT2D eigenvalue weighted by molar-refractivity contribution is 5.96. The molecule has 1 fully saturated rings. The Morgan fingerprint density at radius 1 is 1.36 bits per heavy atom. The molecule has 0 bridgehead atoms. The van der Waals surface area contributed by atoms with Crippen LogP contribution >= 0.6 is 0 Å². The molecule has 0 unspecified atom stereocenters. The highest BCUT2D eigenvalue weighted by Crippen LogP contribution is 2.31. The molecule has 1 N–H and O–H groups in total. The Balaban J connectivity index is 2.27. The fraction of sp³-hybridized carbons (Fsp3) is 0.312. The summed E-state index contributed by atoms with van der Waals surface area (Å²) in [5, 5.41) is 14.3. The van der Waals surface area contributed by atoms with Crippen molar-refractivity contribution < 1.29 is 9.72 Å². The zero-order valence-corrected chi connectivity index (χ0v) is 12.3. The molecule has 0 radical (unpaired) electrons. The van der Waals surface area contributed by atoms with E-state index in [2.05, 4.69) is 18.5 Å². The molecule has 1 amide bonds. The van der Waals surface area contributed by atoms with Gasteiger partial charge < -0.3 is 10.2 Å². The van der Waals surface area contributed by atoms with Crippen molar-refractivity contribution in [1.29, 1.82) is 0 Å². The lowest BCUT2D eigenvalue weighted by Gasteiger charge is -2.19. The topological polar surface area (TPSA) is 75.5 Å². The van der Waals surface area contributed by atoms with Crippen molar-refractivity contribution in [3.8, 4) is 0 Å². The van der Waals surface area contributed by atoms with Crippen LogP contribution in [0.4, 0.5) is 11.4 Å². The minimum absolute atomic E-state index is 0.0742. The van der Waals surface area contributed by atoms with Crippen LogP contribution in [-0.2, 0) is 0 Å². The van der Waals surface area contributed by atoms with Crippen LogP contribution in [0.25, 0.3) is 0 Å². The van der Waals surface area contributed by atoms with E-state index >= 15 is 0 Å². The molecule has 1 saturated carbocycles. The Kier molecular flexibility index (Phi) is 4.93. The third kappa shape index (κ3) is 3.72. The standard InChI is InChI=1S/C16H19N3O3/c1-3-9-18(10-4-2)16(20)12-5-8-14(17-13-6-7-13)15(11-12)19(21)22/h3-5,8,11,13,17H,1-2,6-7,9-10H2. The molecule has 22 heavy (non-hydrogen) atoms. The smallest absolute Gasteiger partial charge is 0.293 e. The molecule has 1 aliphatic carbocycles. The molecule has 1 aliphatic rings. The van der Waals surface area contributed by atoms with Gasteiger partial charge in [0.1, 0.15) is 5.69 Å². The van der Waals surface area contributed by atoms with E-state index in [-0.39, 0.29) is 17.2 Å². The van der Waals surface area contributed by atoms with Gasteiger partial charge in [-0.2, -0.15) is 0 Å². The number of carbonyl (C=O) groups is 1. The number of nitro groups is 1. The molecule has 6 heteroatoms. The number of hydrogen-bond donors (Lipinski definition) is 1. The van der Waals surface area contributed by atoms with E-state index in [1.165, 1.54) is 11.0 Å². The van der Waals surface area contributed by atoms with E-state index in [1.807, 2.05) is 0 Å². The van der Waals surface area contributed by atoms with Gasteiger partial charge in [-0.3, -0.25) is 14.9 Å².